The third-order valence-corrected chi connectivity index (χ3v) is 3.45. The van der Waals surface area contributed by atoms with E-state index in [1.807, 2.05) is 17.8 Å². The van der Waals surface area contributed by atoms with Crippen LogP contribution in [0.2, 0.25) is 0 Å². The van der Waals surface area contributed by atoms with Crippen LogP contribution in [0, 0.1) is 6.92 Å². The van der Waals surface area contributed by atoms with Crippen LogP contribution in [-0.4, -0.2) is 19.0 Å². The van der Waals surface area contributed by atoms with Crippen LogP contribution in [0.4, 0.5) is 0 Å². The molecule has 1 saturated carbocycles. The molecule has 1 aromatic carbocycles. The summed E-state index contributed by atoms with van der Waals surface area (Å²) in [5.41, 5.74) is 1.20. The SMILES string of the molecule is COc1ccc(SCNC2CC2)cc1C. The summed E-state index contributed by atoms with van der Waals surface area (Å²) in [6, 6.07) is 7.12. The van der Waals surface area contributed by atoms with Gasteiger partial charge in [-0.2, -0.15) is 0 Å². The van der Waals surface area contributed by atoms with Crippen molar-refractivity contribution in [3.8, 4) is 5.75 Å². The molecular formula is C12H17NOS. The first-order valence-electron chi connectivity index (χ1n) is 5.30. The topological polar surface area (TPSA) is 21.3 Å². The molecule has 1 aliphatic carbocycles. The molecule has 0 spiro atoms. The normalized spacial score (nSPS) is 15.3. The highest BCUT2D eigenvalue weighted by atomic mass is 32.2. The second kappa shape index (κ2) is 4.90. The highest BCUT2D eigenvalue weighted by molar-refractivity contribution is 7.99. The fourth-order valence-corrected chi connectivity index (χ4v) is 2.38. The Labute approximate surface area is 95.4 Å². The van der Waals surface area contributed by atoms with Crippen molar-refractivity contribution in [3.63, 3.8) is 0 Å². The van der Waals surface area contributed by atoms with Crippen molar-refractivity contribution in [3.05, 3.63) is 23.8 Å². The van der Waals surface area contributed by atoms with E-state index < -0.39 is 0 Å². The molecule has 15 heavy (non-hydrogen) atoms. The van der Waals surface area contributed by atoms with Gasteiger partial charge < -0.3 is 10.1 Å². The quantitative estimate of drug-likeness (QED) is 0.612. The monoisotopic (exact) mass is 223 g/mol. The number of rotatable bonds is 5. The van der Waals surface area contributed by atoms with Gasteiger partial charge in [0.15, 0.2) is 0 Å². The zero-order valence-electron chi connectivity index (χ0n) is 9.25. The van der Waals surface area contributed by atoms with Crippen LogP contribution in [0.15, 0.2) is 23.1 Å². The zero-order valence-corrected chi connectivity index (χ0v) is 10.1. The van der Waals surface area contributed by atoms with E-state index >= 15 is 0 Å². The van der Waals surface area contributed by atoms with Crippen molar-refractivity contribution in [2.75, 3.05) is 13.0 Å². The van der Waals surface area contributed by atoms with Crippen molar-refractivity contribution in [2.45, 2.75) is 30.7 Å². The summed E-state index contributed by atoms with van der Waals surface area (Å²) < 4.78 is 5.23. The maximum absolute atomic E-state index is 5.23. The molecule has 0 unspecified atom stereocenters. The van der Waals surface area contributed by atoms with E-state index in [-0.39, 0.29) is 0 Å². The molecular weight excluding hydrogens is 206 g/mol. The number of methoxy groups -OCH3 is 1. The molecule has 0 aliphatic heterocycles. The number of nitrogens with one attached hydrogen (secondary N) is 1. The van der Waals surface area contributed by atoms with Gasteiger partial charge in [0.1, 0.15) is 5.75 Å². The highest BCUT2D eigenvalue weighted by Crippen LogP contribution is 2.26. The average molecular weight is 223 g/mol. The summed E-state index contributed by atoms with van der Waals surface area (Å²) >= 11 is 1.86. The van der Waals surface area contributed by atoms with Crippen LogP contribution in [-0.2, 0) is 0 Å². The maximum Gasteiger partial charge on any atom is 0.121 e. The Bertz CT molecular complexity index is 336. The van der Waals surface area contributed by atoms with Crippen LogP contribution in [0.5, 0.6) is 5.75 Å². The lowest BCUT2D eigenvalue weighted by atomic mass is 10.2. The van der Waals surface area contributed by atoms with E-state index in [0.717, 1.165) is 17.7 Å². The third kappa shape index (κ3) is 3.14. The maximum atomic E-state index is 5.23. The van der Waals surface area contributed by atoms with Crippen LogP contribution < -0.4 is 10.1 Å². The smallest absolute Gasteiger partial charge is 0.121 e. The van der Waals surface area contributed by atoms with Gasteiger partial charge in [-0.25, -0.2) is 0 Å². The Morgan fingerprint density at radius 2 is 2.27 bits per heavy atom. The first kappa shape index (κ1) is 10.8. The van der Waals surface area contributed by atoms with Gasteiger partial charge in [0.2, 0.25) is 0 Å². The molecule has 3 heteroatoms. The average Bonchev–Trinajstić information content (AvgIpc) is 3.02. The Hall–Kier alpha value is -0.670. The van der Waals surface area contributed by atoms with Crippen LogP contribution in [0.25, 0.3) is 0 Å². The minimum absolute atomic E-state index is 0.789. The van der Waals surface area contributed by atoms with Gasteiger partial charge in [0.05, 0.1) is 7.11 Å². The lowest BCUT2D eigenvalue weighted by Gasteiger charge is -2.07. The van der Waals surface area contributed by atoms with E-state index in [0.29, 0.717) is 0 Å². The minimum atomic E-state index is 0.789. The molecule has 82 valence electrons. The Kier molecular flexibility index (Phi) is 3.54. The third-order valence-electron chi connectivity index (χ3n) is 2.55. The standard InChI is InChI=1S/C12H17NOS/c1-9-7-11(5-6-12(9)14-2)15-8-13-10-3-4-10/h5-7,10,13H,3-4,8H2,1-2H3. The number of hydrogen-bond acceptors (Lipinski definition) is 3. The molecule has 0 saturated heterocycles. The van der Waals surface area contributed by atoms with Crippen LogP contribution in [0.3, 0.4) is 0 Å². The van der Waals surface area contributed by atoms with Gasteiger partial charge in [-0.15, -0.1) is 11.8 Å². The summed E-state index contributed by atoms with van der Waals surface area (Å²) in [6.45, 7) is 2.08. The Balaban J connectivity index is 1.87. The highest BCUT2D eigenvalue weighted by Gasteiger charge is 2.19. The van der Waals surface area contributed by atoms with Crippen molar-refractivity contribution in [2.24, 2.45) is 0 Å². The molecule has 0 atom stereocenters. The second-order valence-corrected chi connectivity index (χ2v) is 4.95. The van der Waals surface area contributed by atoms with Crippen molar-refractivity contribution < 1.29 is 4.74 Å². The van der Waals surface area contributed by atoms with Crippen molar-refractivity contribution in [1.29, 1.82) is 0 Å². The second-order valence-electron chi connectivity index (χ2n) is 3.90. The van der Waals surface area contributed by atoms with Gasteiger partial charge in [0, 0.05) is 16.8 Å². The molecule has 0 bridgehead atoms. The fraction of sp³-hybridized carbons (Fsp3) is 0.500. The largest absolute Gasteiger partial charge is 0.496 e. The molecule has 2 nitrogen and oxygen atoms in total. The molecule has 1 N–H and O–H groups in total. The number of benzene rings is 1. The molecule has 0 aromatic heterocycles. The molecule has 1 aromatic rings. The van der Waals surface area contributed by atoms with E-state index in [1.54, 1.807) is 7.11 Å². The number of thioether (sulfide) groups is 1. The zero-order chi connectivity index (χ0) is 10.7. The number of hydrogen-bond donors (Lipinski definition) is 1. The van der Waals surface area contributed by atoms with Crippen LogP contribution in [0.1, 0.15) is 18.4 Å². The van der Waals surface area contributed by atoms with Gasteiger partial charge >= 0.3 is 0 Å². The lowest BCUT2D eigenvalue weighted by molar-refractivity contribution is 0.411. The Morgan fingerprint density at radius 1 is 1.47 bits per heavy atom. The number of aryl methyl sites for hydroxylation is 1. The fourth-order valence-electron chi connectivity index (χ4n) is 1.47. The van der Waals surface area contributed by atoms with Gasteiger partial charge in [-0.3, -0.25) is 0 Å². The van der Waals surface area contributed by atoms with Gasteiger partial charge in [0.25, 0.3) is 0 Å². The molecule has 0 amide bonds. The minimum Gasteiger partial charge on any atom is -0.496 e. The van der Waals surface area contributed by atoms with Gasteiger partial charge in [-0.05, 0) is 43.5 Å². The van der Waals surface area contributed by atoms with Crippen LogP contribution >= 0.6 is 11.8 Å². The van der Waals surface area contributed by atoms with Gasteiger partial charge in [-0.1, -0.05) is 0 Å². The molecule has 1 aliphatic rings. The molecule has 2 rings (SSSR count). The first-order valence-corrected chi connectivity index (χ1v) is 6.29. The van der Waals surface area contributed by atoms with E-state index in [2.05, 4.69) is 24.4 Å². The molecule has 0 heterocycles. The summed E-state index contributed by atoms with van der Waals surface area (Å²) in [5, 5.41) is 3.48. The first-order chi connectivity index (χ1) is 7.29. The summed E-state index contributed by atoms with van der Waals surface area (Å²) in [5.74, 6) is 1.98. The Morgan fingerprint density at radius 3 is 2.87 bits per heavy atom. The van der Waals surface area contributed by atoms with Crippen molar-refractivity contribution in [1.82, 2.24) is 5.32 Å². The lowest BCUT2D eigenvalue weighted by Crippen LogP contribution is -2.14. The summed E-state index contributed by atoms with van der Waals surface area (Å²) in [7, 11) is 1.71. The van der Waals surface area contributed by atoms with E-state index in [1.165, 1.54) is 23.3 Å². The van der Waals surface area contributed by atoms with E-state index in [9.17, 15) is 0 Å². The predicted molar refractivity (Wildman–Crippen MR) is 64.6 cm³/mol. The predicted octanol–water partition coefficient (Wildman–Crippen LogP) is 2.81. The van der Waals surface area contributed by atoms with Crippen molar-refractivity contribution >= 4 is 11.8 Å². The summed E-state index contributed by atoms with van der Waals surface area (Å²) in [4.78, 5) is 1.31. The number of ether oxygens (including phenoxy) is 1. The summed E-state index contributed by atoms with van der Waals surface area (Å²) in [6.07, 6.45) is 2.70. The molecule has 0 radical (unpaired) electrons. The molecule has 1 fully saturated rings. The van der Waals surface area contributed by atoms with E-state index in [4.69, 9.17) is 4.74 Å².